The van der Waals surface area contributed by atoms with Crippen LogP contribution >= 0.6 is 45.3 Å². The van der Waals surface area contributed by atoms with Crippen LogP contribution in [0.2, 0.25) is 0 Å². The molecule has 13 heteroatoms. The zero-order valence-corrected chi connectivity index (χ0v) is 23.5. The predicted molar refractivity (Wildman–Crippen MR) is 125 cm³/mol. The van der Waals surface area contributed by atoms with Gasteiger partial charge < -0.3 is 0 Å². The number of thiophene rings is 4. The van der Waals surface area contributed by atoms with E-state index in [9.17, 15) is 19.2 Å². The standard InChI is InChI=1S/4C5H4O2S.Pb/c4*6-5(7)4-2-1-3-8-4;/h4*1-3H,(H,6,7);/q;;;;+4/p-4. The van der Waals surface area contributed by atoms with Crippen LogP contribution in [0.5, 0.6) is 0 Å². The van der Waals surface area contributed by atoms with Gasteiger partial charge >= 0.3 is 212 Å². The first-order valence-corrected chi connectivity index (χ1v) is 18.9. The molecule has 0 fully saturated rings. The molecule has 4 rings (SSSR count). The first kappa shape index (κ1) is 23.7. The number of hydrogen-bond donors (Lipinski definition) is 0. The summed E-state index contributed by atoms with van der Waals surface area (Å²) in [6, 6.07) is 12.4. The molecule has 0 aliphatic heterocycles. The molecule has 0 atom stereocenters. The molecule has 0 N–H and O–H groups in total. The molecule has 0 aliphatic carbocycles. The Morgan fingerprint density at radius 2 is 0.727 bits per heavy atom. The van der Waals surface area contributed by atoms with Crippen molar-refractivity contribution in [2.24, 2.45) is 0 Å². The maximum atomic E-state index is 12.8. The van der Waals surface area contributed by atoms with E-state index in [1.807, 2.05) is 0 Å². The van der Waals surface area contributed by atoms with Crippen LogP contribution in [-0.2, 0) is 10.7 Å². The van der Waals surface area contributed by atoms with E-state index < -0.39 is 46.9 Å². The first-order valence-electron chi connectivity index (χ1n) is 9.03. The summed E-state index contributed by atoms with van der Waals surface area (Å²) in [7, 11) is 0. The topological polar surface area (TPSA) is 105 Å². The molecule has 0 spiro atoms. The number of rotatable bonds is 8. The van der Waals surface area contributed by atoms with Gasteiger partial charge in [-0.25, -0.2) is 0 Å². The Balaban J connectivity index is 1.71. The van der Waals surface area contributed by atoms with Crippen molar-refractivity contribution < 1.29 is 29.9 Å². The van der Waals surface area contributed by atoms with E-state index in [1.165, 1.54) is 24.3 Å². The summed E-state index contributed by atoms with van der Waals surface area (Å²) in [4.78, 5) is 51.8. The summed E-state index contributed by atoms with van der Waals surface area (Å²) in [6.07, 6.45) is 0. The molecular weight excluding hydrogens is 704 g/mol. The zero-order chi connectivity index (χ0) is 23.3. The van der Waals surface area contributed by atoms with Gasteiger partial charge in [-0.1, -0.05) is 0 Å². The molecule has 0 saturated carbocycles. The van der Waals surface area contributed by atoms with Crippen molar-refractivity contribution in [3.8, 4) is 0 Å². The molecule has 4 aromatic heterocycles. The third kappa shape index (κ3) is 5.94. The quantitative estimate of drug-likeness (QED) is 0.233. The second-order valence-electron chi connectivity index (χ2n) is 5.97. The van der Waals surface area contributed by atoms with E-state index >= 15 is 0 Å². The Bertz CT molecular complexity index is 1030. The Morgan fingerprint density at radius 3 is 0.909 bits per heavy atom. The van der Waals surface area contributed by atoms with Gasteiger partial charge in [0.05, 0.1) is 0 Å². The fraction of sp³-hybridized carbons (Fsp3) is 0. The van der Waals surface area contributed by atoms with Gasteiger partial charge in [0.15, 0.2) is 0 Å². The molecule has 0 aliphatic rings. The zero-order valence-electron chi connectivity index (χ0n) is 16.3. The van der Waals surface area contributed by atoms with Crippen LogP contribution in [0.25, 0.3) is 0 Å². The van der Waals surface area contributed by atoms with Crippen molar-refractivity contribution in [2.75, 3.05) is 0 Å². The molecule has 168 valence electrons. The van der Waals surface area contributed by atoms with Crippen LogP contribution in [0.15, 0.2) is 70.1 Å². The minimum absolute atomic E-state index is 0.158. The summed E-state index contributed by atoms with van der Waals surface area (Å²) in [6.45, 7) is 0. The normalized spacial score (nSPS) is 10.9. The fourth-order valence-corrected chi connectivity index (χ4v) is 12.1. The van der Waals surface area contributed by atoms with E-state index in [0.717, 1.165) is 45.3 Å². The Hall–Kier alpha value is -2.40. The molecule has 0 aromatic carbocycles. The molecule has 0 amide bonds. The van der Waals surface area contributed by atoms with Gasteiger partial charge in [0.1, 0.15) is 0 Å². The Kier molecular flexibility index (Phi) is 7.69. The van der Waals surface area contributed by atoms with Gasteiger partial charge in [-0.3, -0.25) is 0 Å². The van der Waals surface area contributed by atoms with Gasteiger partial charge in [-0.2, -0.15) is 0 Å². The SMILES string of the molecule is O=C([O][Pb]([O]C(=O)c1cccs1)([O]C(=O)c1cccs1)[O]C(=O)c1cccs1)c1cccs1. The summed E-state index contributed by atoms with van der Waals surface area (Å²) < 4.78 is 21.9. The van der Waals surface area contributed by atoms with E-state index in [0.29, 0.717) is 0 Å². The molecule has 8 nitrogen and oxygen atoms in total. The number of carbonyl (C=O) groups is 4. The van der Waals surface area contributed by atoms with E-state index in [-0.39, 0.29) is 19.5 Å². The van der Waals surface area contributed by atoms with Crippen LogP contribution in [-0.4, -0.2) is 46.9 Å². The third-order valence-electron chi connectivity index (χ3n) is 3.76. The van der Waals surface area contributed by atoms with Crippen molar-refractivity contribution in [3.05, 3.63) is 89.6 Å². The van der Waals surface area contributed by atoms with Crippen molar-refractivity contribution in [1.82, 2.24) is 0 Å². The second kappa shape index (κ2) is 10.7. The Labute approximate surface area is 210 Å². The van der Waals surface area contributed by atoms with Gasteiger partial charge in [0, 0.05) is 0 Å². The van der Waals surface area contributed by atoms with E-state index in [2.05, 4.69) is 0 Å². The van der Waals surface area contributed by atoms with Crippen LogP contribution < -0.4 is 0 Å². The summed E-state index contributed by atoms with van der Waals surface area (Å²) in [5.74, 6) is -3.71. The van der Waals surface area contributed by atoms with Crippen molar-refractivity contribution >= 4 is 92.2 Å². The first-order chi connectivity index (χ1) is 16.0. The average Bonchev–Trinajstić information content (AvgIpc) is 3.61. The van der Waals surface area contributed by atoms with E-state index in [4.69, 9.17) is 10.7 Å². The van der Waals surface area contributed by atoms with Crippen LogP contribution in [0.3, 0.4) is 0 Å². The van der Waals surface area contributed by atoms with Crippen LogP contribution in [0, 0.1) is 0 Å². The van der Waals surface area contributed by atoms with E-state index in [1.54, 1.807) is 45.8 Å². The third-order valence-corrected chi connectivity index (χ3v) is 13.9. The fourth-order valence-electron chi connectivity index (χ4n) is 2.36. The maximum absolute atomic E-state index is 12.8. The summed E-state index contributed by atoms with van der Waals surface area (Å²) in [5.41, 5.74) is 0. The average molecular weight is 716 g/mol. The monoisotopic (exact) mass is 716 g/mol. The Morgan fingerprint density at radius 1 is 0.485 bits per heavy atom. The molecule has 0 radical (unpaired) electrons. The van der Waals surface area contributed by atoms with Gasteiger partial charge in [-0.05, 0) is 0 Å². The van der Waals surface area contributed by atoms with Crippen molar-refractivity contribution in [3.63, 3.8) is 0 Å². The molecule has 0 unspecified atom stereocenters. The summed E-state index contributed by atoms with van der Waals surface area (Å²) in [5, 5.41) is 6.56. The van der Waals surface area contributed by atoms with Gasteiger partial charge in [0.25, 0.3) is 0 Å². The minimum atomic E-state index is -6.21. The van der Waals surface area contributed by atoms with Gasteiger partial charge in [0.2, 0.25) is 0 Å². The molecule has 4 heterocycles. The summed E-state index contributed by atoms with van der Waals surface area (Å²) >= 11 is -1.94. The van der Waals surface area contributed by atoms with Crippen LogP contribution in [0.4, 0.5) is 0 Å². The molecular formula is C20H12O8PbS4. The van der Waals surface area contributed by atoms with Crippen molar-refractivity contribution in [2.45, 2.75) is 0 Å². The van der Waals surface area contributed by atoms with Crippen LogP contribution in [0.1, 0.15) is 38.7 Å². The molecule has 0 bridgehead atoms. The second-order valence-corrected chi connectivity index (χ2v) is 16.8. The van der Waals surface area contributed by atoms with Crippen molar-refractivity contribution in [1.29, 1.82) is 0 Å². The van der Waals surface area contributed by atoms with Gasteiger partial charge in [-0.15, -0.1) is 0 Å². The molecule has 0 saturated heterocycles. The molecule has 4 aromatic rings. The number of hydrogen-bond acceptors (Lipinski definition) is 12. The number of carbonyl (C=O) groups excluding carboxylic acids is 4. The predicted octanol–water partition coefficient (Wildman–Crippen LogP) is 5.10. The molecule has 33 heavy (non-hydrogen) atoms.